The molecular weight excluding hydrogens is 222 g/mol. The minimum absolute atomic E-state index is 0.760. The number of hydrogen-bond acceptors (Lipinski definition) is 2. The quantitative estimate of drug-likeness (QED) is 0.887. The van der Waals surface area contributed by atoms with Gasteiger partial charge in [0.2, 0.25) is 0 Å². The van der Waals surface area contributed by atoms with Crippen molar-refractivity contribution < 1.29 is 0 Å². The molecule has 4 fully saturated rings. The Kier molecular flexibility index (Phi) is 2.51. The predicted molar refractivity (Wildman–Crippen MR) is 71.1 cm³/mol. The normalized spacial score (nSPS) is 41.5. The Labute approximate surface area is 109 Å². The molecule has 1 heterocycles. The Morgan fingerprint density at radius 3 is 2.44 bits per heavy atom. The first-order chi connectivity index (χ1) is 8.83. The van der Waals surface area contributed by atoms with Crippen LogP contribution >= 0.6 is 0 Å². The molecular formula is C15H23N3. The maximum absolute atomic E-state index is 4.54. The van der Waals surface area contributed by atoms with Crippen LogP contribution in [0, 0.1) is 23.7 Å². The van der Waals surface area contributed by atoms with Crippen LogP contribution in [0.15, 0.2) is 12.5 Å². The van der Waals surface area contributed by atoms with Gasteiger partial charge < -0.3 is 9.88 Å². The van der Waals surface area contributed by atoms with Crippen LogP contribution in [0.25, 0.3) is 0 Å². The van der Waals surface area contributed by atoms with Gasteiger partial charge in [-0.1, -0.05) is 0 Å². The Morgan fingerprint density at radius 2 is 1.83 bits per heavy atom. The molecule has 0 atom stereocenters. The van der Waals surface area contributed by atoms with Crippen molar-refractivity contribution in [3.8, 4) is 0 Å². The Hall–Kier alpha value is -0.830. The third-order valence-corrected chi connectivity index (χ3v) is 5.53. The highest BCUT2D eigenvalue weighted by Crippen LogP contribution is 2.58. The van der Waals surface area contributed by atoms with Gasteiger partial charge in [-0.15, -0.1) is 0 Å². The number of aromatic nitrogens is 2. The molecule has 0 unspecified atom stereocenters. The molecule has 4 bridgehead atoms. The van der Waals surface area contributed by atoms with Crippen molar-refractivity contribution in [2.45, 2.75) is 44.7 Å². The first-order valence-corrected chi connectivity index (χ1v) is 7.50. The zero-order valence-electron chi connectivity index (χ0n) is 11.2. The summed E-state index contributed by atoms with van der Waals surface area (Å²) in [5, 5.41) is 3.19. The van der Waals surface area contributed by atoms with Crippen LogP contribution in [0.2, 0.25) is 0 Å². The molecule has 3 nitrogen and oxygen atoms in total. The van der Waals surface area contributed by atoms with Gasteiger partial charge in [0.15, 0.2) is 0 Å². The van der Waals surface area contributed by atoms with Crippen LogP contribution in [-0.4, -0.2) is 16.6 Å². The lowest BCUT2D eigenvalue weighted by atomic mass is 9.54. The molecule has 98 valence electrons. The van der Waals surface area contributed by atoms with Crippen LogP contribution in [0.3, 0.4) is 0 Å². The van der Waals surface area contributed by atoms with Crippen molar-refractivity contribution in [3.63, 3.8) is 0 Å². The molecule has 4 aliphatic carbocycles. The Balaban J connectivity index is 1.60. The summed E-state index contributed by atoms with van der Waals surface area (Å²) in [5.74, 6) is 4.00. The summed E-state index contributed by atoms with van der Waals surface area (Å²) in [6.07, 6.45) is 11.8. The molecule has 4 saturated carbocycles. The number of imidazole rings is 1. The van der Waals surface area contributed by atoms with Crippen molar-refractivity contribution in [1.29, 1.82) is 0 Å². The van der Waals surface area contributed by atoms with Crippen LogP contribution in [-0.2, 0) is 6.54 Å². The fourth-order valence-corrected chi connectivity index (χ4v) is 5.20. The van der Waals surface area contributed by atoms with Crippen molar-refractivity contribution >= 4 is 0 Å². The van der Waals surface area contributed by atoms with Gasteiger partial charge in [-0.25, -0.2) is 4.98 Å². The molecule has 18 heavy (non-hydrogen) atoms. The third-order valence-electron chi connectivity index (χ3n) is 5.53. The van der Waals surface area contributed by atoms with E-state index in [1.807, 2.05) is 7.05 Å². The minimum Gasteiger partial charge on any atom is -0.334 e. The van der Waals surface area contributed by atoms with E-state index in [0.717, 1.165) is 36.3 Å². The van der Waals surface area contributed by atoms with E-state index in [2.05, 4.69) is 27.4 Å². The molecule has 0 aromatic carbocycles. The molecule has 1 N–H and O–H groups in total. The maximum Gasteiger partial charge on any atom is 0.0952 e. The van der Waals surface area contributed by atoms with Crippen molar-refractivity contribution in [3.05, 3.63) is 18.2 Å². The van der Waals surface area contributed by atoms with Crippen LogP contribution in [0.1, 0.15) is 43.8 Å². The summed E-state index contributed by atoms with van der Waals surface area (Å²) in [6, 6.07) is 0.760. The van der Waals surface area contributed by atoms with Gasteiger partial charge in [-0.05, 0) is 62.8 Å². The lowest BCUT2D eigenvalue weighted by Crippen LogP contribution is -2.45. The van der Waals surface area contributed by atoms with E-state index in [-0.39, 0.29) is 0 Å². The number of hydrogen-bond donors (Lipinski definition) is 1. The summed E-state index contributed by atoms with van der Waals surface area (Å²) in [6.45, 7) is 0.889. The number of nitrogens with zero attached hydrogens (tertiary/aromatic N) is 2. The van der Waals surface area contributed by atoms with Gasteiger partial charge in [0.25, 0.3) is 0 Å². The number of nitrogens with one attached hydrogen (secondary N) is 1. The number of rotatable bonds is 3. The van der Waals surface area contributed by atoms with Crippen LogP contribution in [0.5, 0.6) is 0 Å². The zero-order chi connectivity index (χ0) is 12.1. The topological polar surface area (TPSA) is 29.9 Å². The van der Waals surface area contributed by atoms with E-state index >= 15 is 0 Å². The molecule has 1 aromatic rings. The molecule has 5 rings (SSSR count). The van der Waals surface area contributed by atoms with Crippen LogP contribution < -0.4 is 5.32 Å². The SMILES string of the molecule is CNCc1cn(C2C3CC4CC(C3)CC2C4)cn1. The molecule has 0 spiro atoms. The van der Waals surface area contributed by atoms with Gasteiger partial charge in [0, 0.05) is 18.8 Å². The average Bonchev–Trinajstić information content (AvgIpc) is 2.76. The molecule has 3 heteroatoms. The van der Waals surface area contributed by atoms with E-state index in [1.165, 1.54) is 37.8 Å². The second-order valence-corrected chi connectivity index (χ2v) is 6.76. The zero-order valence-corrected chi connectivity index (χ0v) is 11.2. The first kappa shape index (κ1) is 11.0. The van der Waals surface area contributed by atoms with Gasteiger partial charge in [0.05, 0.1) is 12.0 Å². The Morgan fingerprint density at radius 1 is 1.17 bits per heavy atom. The maximum atomic E-state index is 4.54. The largest absolute Gasteiger partial charge is 0.334 e. The van der Waals surface area contributed by atoms with Gasteiger partial charge in [-0.2, -0.15) is 0 Å². The lowest BCUT2D eigenvalue weighted by Gasteiger charge is -2.54. The van der Waals surface area contributed by atoms with Crippen molar-refractivity contribution in [2.75, 3.05) is 7.05 Å². The highest BCUT2D eigenvalue weighted by molar-refractivity contribution is 5.05. The molecule has 0 saturated heterocycles. The minimum atomic E-state index is 0.760. The summed E-state index contributed by atoms with van der Waals surface area (Å²) in [4.78, 5) is 4.54. The smallest absolute Gasteiger partial charge is 0.0952 e. The molecule has 4 aliphatic rings. The standard InChI is InChI=1S/C15H23N3/c1-16-7-14-8-18(9-17-14)15-12-3-10-2-11(5-12)6-13(15)4-10/h8-13,15-16H,2-7H2,1H3. The highest BCUT2D eigenvalue weighted by atomic mass is 15.1. The van der Waals surface area contributed by atoms with E-state index < -0.39 is 0 Å². The summed E-state index contributed by atoms with van der Waals surface area (Å²) in [5.41, 5.74) is 1.19. The molecule has 0 aliphatic heterocycles. The van der Waals surface area contributed by atoms with Gasteiger partial charge in [-0.3, -0.25) is 0 Å². The third kappa shape index (κ3) is 1.63. The second-order valence-electron chi connectivity index (χ2n) is 6.76. The fraction of sp³-hybridized carbons (Fsp3) is 0.800. The van der Waals surface area contributed by atoms with Crippen molar-refractivity contribution in [2.24, 2.45) is 23.7 Å². The van der Waals surface area contributed by atoms with E-state index in [0.29, 0.717) is 0 Å². The van der Waals surface area contributed by atoms with Gasteiger partial charge in [0.1, 0.15) is 0 Å². The van der Waals surface area contributed by atoms with Gasteiger partial charge >= 0.3 is 0 Å². The molecule has 1 aromatic heterocycles. The van der Waals surface area contributed by atoms with E-state index in [9.17, 15) is 0 Å². The molecule has 0 radical (unpaired) electrons. The highest BCUT2D eigenvalue weighted by Gasteiger charge is 2.48. The predicted octanol–water partition coefficient (Wildman–Crippen LogP) is 2.60. The van der Waals surface area contributed by atoms with Crippen molar-refractivity contribution in [1.82, 2.24) is 14.9 Å². The fourth-order valence-electron chi connectivity index (χ4n) is 5.20. The summed E-state index contributed by atoms with van der Waals surface area (Å²) in [7, 11) is 1.99. The molecule has 0 amide bonds. The Bertz CT molecular complexity index is 409. The summed E-state index contributed by atoms with van der Waals surface area (Å²) >= 11 is 0. The van der Waals surface area contributed by atoms with E-state index in [4.69, 9.17) is 0 Å². The van der Waals surface area contributed by atoms with E-state index in [1.54, 1.807) is 0 Å². The van der Waals surface area contributed by atoms with Crippen LogP contribution in [0.4, 0.5) is 0 Å². The second kappa shape index (κ2) is 4.09. The summed E-state index contributed by atoms with van der Waals surface area (Å²) < 4.78 is 2.44. The average molecular weight is 245 g/mol. The lowest BCUT2D eigenvalue weighted by molar-refractivity contribution is -0.0291. The first-order valence-electron chi connectivity index (χ1n) is 7.50. The monoisotopic (exact) mass is 245 g/mol.